The van der Waals surface area contributed by atoms with Crippen molar-refractivity contribution in [1.29, 1.82) is 0 Å². The van der Waals surface area contributed by atoms with Gasteiger partial charge in [-0.25, -0.2) is 18.4 Å². The van der Waals surface area contributed by atoms with Gasteiger partial charge in [0.15, 0.2) is 10.3 Å². The molecular weight excluding hydrogens is 707 g/mol. The Morgan fingerprint density at radius 3 is 1.44 bits per heavy atom. The van der Waals surface area contributed by atoms with Gasteiger partial charge in [-0.05, 0) is 127 Å². The number of ether oxygens (including phenoxy) is 2. The third-order valence-electron chi connectivity index (χ3n) is 9.62. The van der Waals surface area contributed by atoms with Crippen molar-refractivity contribution in [1.82, 2.24) is 10.6 Å². The van der Waals surface area contributed by atoms with E-state index in [1.165, 1.54) is 35.7 Å². The molecule has 0 spiro atoms. The van der Waals surface area contributed by atoms with Gasteiger partial charge in [-0.1, -0.05) is 37.4 Å². The van der Waals surface area contributed by atoms with Crippen molar-refractivity contribution in [2.75, 3.05) is 23.0 Å². The van der Waals surface area contributed by atoms with Gasteiger partial charge < -0.3 is 20.9 Å². The number of hydrogen-bond donors (Lipinski definition) is 4. The maximum atomic E-state index is 14.7. The predicted octanol–water partition coefficient (Wildman–Crippen LogP) is 8.55. The molecule has 6 atom stereocenters. The van der Waals surface area contributed by atoms with Crippen LogP contribution in [0.2, 0.25) is 0 Å². The van der Waals surface area contributed by atoms with E-state index in [9.17, 15) is 18.4 Å². The summed E-state index contributed by atoms with van der Waals surface area (Å²) in [7, 11) is 0. The van der Waals surface area contributed by atoms with Crippen molar-refractivity contribution in [2.24, 2.45) is 33.7 Å². The summed E-state index contributed by atoms with van der Waals surface area (Å²) in [5.74, 6) is 2.21. The average molecular weight is 759 g/mol. The van der Waals surface area contributed by atoms with Crippen LogP contribution in [0.4, 0.5) is 29.7 Å². The number of carbonyl (C=O) groups excluding carboxylic acids is 2. The van der Waals surface area contributed by atoms with Gasteiger partial charge in [0.1, 0.15) is 22.8 Å². The molecule has 6 rings (SSSR count). The largest absolute Gasteiger partial charge is 0.444 e. The highest BCUT2D eigenvalue weighted by atomic mass is 32.2. The summed E-state index contributed by atoms with van der Waals surface area (Å²) in [5.41, 5.74) is 11.4. The molecule has 0 unspecified atom stereocenters. The number of alkyl carbamates (subject to hydrolysis) is 2. The van der Waals surface area contributed by atoms with Crippen LogP contribution in [0.1, 0.15) is 92.2 Å². The zero-order valence-corrected chi connectivity index (χ0v) is 32.9. The lowest BCUT2D eigenvalue weighted by atomic mass is 9.81. The number of nitrogens with one attached hydrogen (secondary N) is 2. The first-order valence-electron chi connectivity index (χ1n) is 17.7. The zero-order chi connectivity index (χ0) is 38.2. The van der Waals surface area contributed by atoms with Gasteiger partial charge in [0.2, 0.25) is 0 Å². The van der Waals surface area contributed by atoms with E-state index in [4.69, 9.17) is 30.9 Å². The van der Waals surface area contributed by atoms with Crippen LogP contribution in [0.3, 0.4) is 0 Å². The summed E-state index contributed by atoms with van der Waals surface area (Å²) in [6.45, 7) is 15.2. The fraction of sp³-hybridized carbons (Fsp3) is 0.579. The van der Waals surface area contributed by atoms with Crippen LogP contribution in [0, 0.1) is 35.3 Å². The van der Waals surface area contributed by atoms with Gasteiger partial charge >= 0.3 is 12.2 Å². The number of aliphatic imine (C=N–C) groups is 2. The summed E-state index contributed by atoms with van der Waals surface area (Å²) in [5, 5.41) is 6.42. The Labute approximate surface area is 314 Å². The predicted molar refractivity (Wildman–Crippen MR) is 207 cm³/mol. The molecule has 2 aromatic carbocycles. The van der Waals surface area contributed by atoms with Crippen LogP contribution in [0.15, 0.2) is 46.4 Å². The fourth-order valence-electron chi connectivity index (χ4n) is 7.83. The topological polar surface area (TPSA) is 153 Å². The molecule has 284 valence electrons. The summed E-state index contributed by atoms with van der Waals surface area (Å²) >= 11 is 2.97. The smallest absolute Gasteiger partial charge is 0.413 e. The number of amides is 2. The van der Waals surface area contributed by atoms with Crippen molar-refractivity contribution in [3.05, 3.63) is 59.2 Å². The summed E-state index contributed by atoms with van der Waals surface area (Å²) < 4.78 is 40.0. The quantitative estimate of drug-likeness (QED) is 0.222. The van der Waals surface area contributed by atoms with E-state index in [2.05, 4.69) is 24.5 Å². The molecule has 6 N–H and O–H groups in total. The van der Waals surface area contributed by atoms with Crippen LogP contribution >= 0.6 is 23.5 Å². The second-order valence-corrected chi connectivity index (χ2v) is 18.5. The van der Waals surface area contributed by atoms with Crippen LogP contribution in [-0.2, 0) is 20.6 Å². The van der Waals surface area contributed by atoms with E-state index >= 15 is 0 Å². The third kappa shape index (κ3) is 9.15. The maximum absolute atomic E-state index is 14.7. The summed E-state index contributed by atoms with van der Waals surface area (Å²) in [6, 6.07) is 9.29. The minimum atomic E-state index is -0.686. The van der Waals surface area contributed by atoms with Gasteiger partial charge in [0, 0.05) is 34.0 Å². The van der Waals surface area contributed by atoms with E-state index in [1.807, 2.05) is 0 Å². The molecule has 52 heavy (non-hydrogen) atoms. The standard InChI is InChI=1S/2C19H26FN3O2S/c2*1-11-7-12-10-26-16(22-17(24)25-18(2,3)4)23-19(12,9-11)14-8-13(21)5-6-15(14)20/h2*5-6,8,11-12H,7,9-10,21H2,1-4H3,(H,22,23,24)/t2*11-,12-,19-/m10/s1. The lowest BCUT2D eigenvalue weighted by Crippen LogP contribution is -2.42. The van der Waals surface area contributed by atoms with Crippen molar-refractivity contribution in [2.45, 2.75) is 103 Å². The molecule has 2 aliphatic heterocycles. The number of carbonyl (C=O) groups is 2. The first-order valence-corrected chi connectivity index (χ1v) is 19.7. The molecule has 0 aromatic heterocycles. The maximum Gasteiger partial charge on any atom is 0.413 e. The molecule has 2 aromatic rings. The van der Waals surface area contributed by atoms with Gasteiger partial charge in [0.05, 0.1) is 11.1 Å². The number of nitrogens with zero attached hydrogens (tertiary/aromatic N) is 2. The first-order chi connectivity index (χ1) is 24.2. The van der Waals surface area contributed by atoms with Crippen molar-refractivity contribution in [3.63, 3.8) is 0 Å². The molecule has 14 heteroatoms. The minimum absolute atomic E-state index is 0.211. The molecule has 10 nitrogen and oxygen atoms in total. The number of fused-ring (bicyclic) bond motifs is 2. The monoisotopic (exact) mass is 758 g/mol. The number of nitrogen functional groups attached to an aromatic ring is 2. The van der Waals surface area contributed by atoms with E-state index < -0.39 is 34.5 Å². The molecule has 2 saturated carbocycles. The van der Waals surface area contributed by atoms with Gasteiger partial charge in [-0.2, -0.15) is 0 Å². The first kappa shape index (κ1) is 39.7. The highest BCUT2D eigenvalue weighted by molar-refractivity contribution is 8.14. The average Bonchev–Trinajstić information content (AvgIpc) is 3.53. The minimum Gasteiger partial charge on any atom is -0.444 e. The highest BCUT2D eigenvalue weighted by Gasteiger charge is 2.52. The molecule has 2 fully saturated rings. The second kappa shape index (κ2) is 15.1. The SMILES string of the molecule is C[C@@H]1C[C@@H]2CSC(NC(=O)OC(C)(C)C)=N[C@]2(c2cc(N)ccc2F)C1.C[C@H]1C[C@H]2CSC(NC(=O)OC(C)(C)C)=N[C@@]2(c2cc(N)ccc2F)C1. The number of halogens is 2. The number of anilines is 2. The Morgan fingerprint density at radius 2 is 1.10 bits per heavy atom. The number of benzene rings is 2. The molecule has 4 aliphatic rings. The highest BCUT2D eigenvalue weighted by Crippen LogP contribution is 2.55. The third-order valence-corrected chi connectivity index (χ3v) is 11.7. The normalized spacial score (nSPS) is 28.3. The Hall–Kier alpha value is -3.52. The number of nitrogens with two attached hydrogens (primary N) is 2. The Morgan fingerprint density at radius 1 is 0.731 bits per heavy atom. The Balaban J connectivity index is 0.000000201. The lowest BCUT2D eigenvalue weighted by Gasteiger charge is -2.37. The number of rotatable bonds is 2. The van der Waals surface area contributed by atoms with E-state index in [1.54, 1.807) is 65.8 Å². The zero-order valence-electron chi connectivity index (χ0n) is 31.3. The van der Waals surface area contributed by atoms with E-state index in [-0.39, 0.29) is 23.5 Å². The van der Waals surface area contributed by atoms with E-state index in [0.717, 1.165) is 37.2 Å². The van der Waals surface area contributed by atoms with E-state index in [0.29, 0.717) is 44.7 Å². The molecule has 2 amide bonds. The molecule has 2 heterocycles. The van der Waals surface area contributed by atoms with Crippen LogP contribution in [0.5, 0.6) is 0 Å². The van der Waals surface area contributed by atoms with Crippen LogP contribution in [0.25, 0.3) is 0 Å². The fourth-order valence-corrected chi connectivity index (χ4v) is 10.1. The lowest BCUT2D eigenvalue weighted by molar-refractivity contribution is 0.0552. The van der Waals surface area contributed by atoms with Gasteiger partial charge in [-0.3, -0.25) is 20.6 Å². The van der Waals surface area contributed by atoms with Gasteiger partial charge in [-0.15, -0.1) is 0 Å². The van der Waals surface area contributed by atoms with Crippen molar-refractivity contribution < 1.29 is 27.8 Å². The van der Waals surface area contributed by atoms with Crippen molar-refractivity contribution in [3.8, 4) is 0 Å². The van der Waals surface area contributed by atoms with Crippen LogP contribution < -0.4 is 22.1 Å². The Kier molecular flexibility index (Phi) is 11.5. The second-order valence-electron chi connectivity index (χ2n) is 16.5. The molecule has 0 saturated heterocycles. The molecule has 0 bridgehead atoms. The molecular formula is C38H52F2N6O4S2. The Bertz CT molecular complexity index is 1620. The van der Waals surface area contributed by atoms with Crippen LogP contribution in [-0.4, -0.2) is 45.2 Å². The molecule has 0 radical (unpaired) electrons. The van der Waals surface area contributed by atoms with Gasteiger partial charge in [0.25, 0.3) is 0 Å². The van der Waals surface area contributed by atoms with Crippen molar-refractivity contribution >= 4 is 57.4 Å². The number of hydrogen-bond acceptors (Lipinski definition) is 10. The number of amidine groups is 2. The molecule has 2 aliphatic carbocycles. The summed E-state index contributed by atoms with van der Waals surface area (Å²) in [6.07, 6.45) is 2.33. The number of thioether (sulfide) groups is 2. The summed E-state index contributed by atoms with van der Waals surface area (Å²) in [4.78, 5) is 33.9.